The second-order valence-corrected chi connectivity index (χ2v) is 3.71. The lowest BCUT2D eigenvalue weighted by Crippen LogP contribution is -2.11. The molecule has 2 rings (SSSR count). The van der Waals surface area contributed by atoms with Gasteiger partial charge in [-0.2, -0.15) is 0 Å². The van der Waals surface area contributed by atoms with E-state index in [0.717, 1.165) is 16.8 Å². The predicted molar refractivity (Wildman–Crippen MR) is 56.4 cm³/mol. The third kappa shape index (κ3) is 1.61. The zero-order valence-corrected chi connectivity index (χ0v) is 8.34. The van der Waals surface area contributed by atoms with E-state index in [1.807, 2.05) is 18.2 Å². The van der Waals surface area contributed by atoms with Crippen LogP contribution in [0.4, 0.5) is 5.69 Å². The fourth-order valence-corrected chi connectivity index (χ4v) is 1.75. The Labute approximate surface area is 87.2 Å². The first-order valence-corrected chi connectivity index (χ1v) is 4.98. The topological polar surface area (TPSA) is 55.1 Å². The van der Waals surface area contributed by atoms with Gasteiger partial charge in [-0.05, 0) is 17.2 Å². The molecule has 1 aliphatic rings. The fourth-order valence-electron chi connectivity index (χ4n) is 1.57. The van der Waals surface area contributed by atoms with Gasteiger partial charge in [0, 0.05) is 17.6 Å². The van der Waals surface area contributed by atoms with Crippen molar-refractivity contribution in [2.24, 2.45) is 5.73 Å². The average molecular weight is 211 g/mol. The van der Waals surface area contributed by atoms with Crippen LogP contribution in [0.5, 0.6) is 0 Å². The molecule has 1 atom stereocenters. The van der Waals surface area contributed by atoms with E-state index in [1.165, 1.54) is 0 Å². The minimum Gasteiger partial charge on any atom is -0.326 e. The van der Waals surface area contributed by atoms with Crippen LogP contribution in [0.25, 0.3) is 0 Å². The molecule has 1 aliphatic heterocycles. The predicted octanol–water partition coefficient (Wildman–Crippen LogP) is 1.42. The highest BCUT2D eigenvalue weighted by molar-refractivity contribution is 6.18. The molecule has 1 aromatic rings. The minimum atomic E-state index is -0.155. The van der Waals surface area contributed by atoms with Gasteiger partial charge < -0.3 is 11.1 Å². The Morgan fingerprint density at radius 3 is 3.07 bits per heavy atom. The van der Waals surface area contributed by atoms with Gasteiger partial charge in [0.1, 0.15) is 0 Å². The van der Waals surface area contributed by atoms with Gasteiger partial charge in [-0.15, -0.1) is 11.6 Å². The van der Waals surface area contributed by atoms with Gasteiger partial charge >= 0.3 is 0 Å². The number of hydrogen-bond donors (Lipinski definition) is 2. The molecule has 1 unspecified atom stereocenters. The number of fused-ring (bicyclic) bond motifs is 1. The Kier molecular flexibility index (Phi) is 2.44. The molecular weight excluding hydrogens is 200 g/mol. The Morgan fingerprint density at radius 2 is 2.36 bits per heavy atom. The summed E-state index contributed by atoms with van der Waals surface area (Å²) in [5, 5.41) is 2.77. The summed E-state index contributed by atoms with van der Waals surface area (Å²) < 4.78 is 0. The van der Waals surface area contributed by atoms with E-state index in [0.29, 0.717) is 12.3 Å². The van der Waals surface area contributed by atoms with Gasteiger partial charge in [0.2, 0.25) is 5.91 Å². The molecule has 1 amide bonds. The molecular formula is C10H11ClN2O. The standard InChI is InChI=1S/C10H11ClN2O/c11-5-8(12)6-1-2-9-7(3-6)4-10(14)13-9/h1-3,8H,4-5,12H2,(H,13,14). The normalized spacial score (nSPS) is 16.3. The van der Waals surface area contributed by atoms with Gasteiger partial charge in [0.25, 0.3) is 0 Å². The fraction of sp³-hybridized carbons (Fsp3) is 0.300. The van der Waals surface area contributed by atoms with Crippen LogP contribution in [0.2, 0.25) is 0 Å². The molecule has 3 N–H and O–H groups in total. The molecule has 4 heteroatoms. The number of anilines is 1. The first-order chi connectivity index (χ1) is 6.70. The maximum atomic E-state index is 11.1. The zero-order chi connectivity index (χ0) is 10.1. The molecule has 0 aromatic heterocycles. The van der Waals surface area contributed by atoms with Crippen LogP contribution < -0.4 is 11.1 Å². The summed E-state index contributed by atoms with van der Waals surface area (Å²) in [5.74, 6) is 0.428. The zero-order valence-electron chi connectivity index (χ0n) is 7.59. The van der Waals surface area contributed by atoms with Crippen molar-refractivity contribution < 1.29 is 4.79 Å². The number of carbonyl (C=O) groups excluding carboxylic acids is 1. The van der Waals surface area contributed by atoms with Crippen LogP contribution in [0.1, 0.15) is 17.2 Å². The highest BCUT2D eigenvalue weighted by atomic mass is 35.5. The summed E-state index contributed by atoms with van der Waals surface area (Å²) >= 11 is 5.66. The third-order valence-electron chi connectivity index (χ3n) is 2.35. The van der Waals surface area contributed by atoms with Crippen LogP contribution in [0, 0.1) is 0 Å². The number of rotatable bonds is 2. The molecule has 0 radical (unpaired) electrons. The molecule has 1 aromatic carbocycles. The van der Waals surface area contributed by atoms with Crippen molar-refractivity contribution in [3.8, 4) is 0 Å². The summed E-state index contributed by atoms with van der Waals surface area (Å²) in [7, 11) is 0. The average Bonchev–Trinajstić information content (AvgIpc) is 2.55. The highest BCUT2D eigenvalue weighted by Crippen LogP contribution is 2.25. The van der Waals surface area contributed by atoms with Crippen molar-refractivity contribution in [3.05, 3.63) is 29.3 Å². The number of nitrogens with one attached hydrogen (secondary N) is 1. The first kappa shape index (κ1) is 9.49. The van der Waals surface area contributed by atoms with E-state index in [-0.39, 0.29) is 11.9 Å². The summed E-state index contributed by atoms with van der Waals surface area (Å²) in [6.07, 6.45) is 0.443. The summed E-state index contributed by atoms with van der Waals surface area (Å²) in [4.78, 5) is 11.1. The quantitative estimate of drug-likeness (QED) is 0.726. The van der Waals surface area contributed by atoms with Crippen molar-refractivity contribution in [2.75, 3.05) is 11.2 Å². The SMILES string of the molecule is NC(CCl)c1ccc2c(c1)CC(=O)N2. The molecule has 14 heavy (non-hydrogen) atoms. The van der Waals surface area contributed by atoms with Crippen molar-refractivity contribution in [3.63, 3.8) is 0 Å². The number of nitrogens with two attached hydrogens (primary N) is 1. The van der Waals surface area contributed by atoms with Crippen molar-refractivity contribution in [1.29, 1.82) is 0 Å². The van der Waals surface area contributed by atoms with Crippen molar-refractivity contribution in [2.45, 2.75) is 12.5 Å². The maximum Gasteiger partial charge on any atom is 0.228 e. The van der Waals surface area contributed by atoms with Gasteiger partial charge in [-0.25, -0.2) is 0 Å². The van der Waals surface area contributed by atoms with Crippen LogP contribution in [-0.4, -0.2) is 11.8 Å². The Morgan fingerprint density at radius 1 is 1.57 bits per heavy atom. The highest BCUT2D eigenvalue weighted by Gasteiger charge is 2.18. The molecule has 0 fully saturated rings. The minimum absolute atomic E-state index is 0.0385. The molecule has 0 saturated heterocycles. The van der Waals surface area contributed by atoms with E-state index in [9.17, 15) is 4.79 Å². The summed E-state index contributed by atoms with van der Waals surface area (Å²) in [6.45, 7) is 0. The Bertz CT molecular complexity index is 378. The van der Waals surface area contributed by atoms with Crippen LogP contribution in [0.3, 0.4) is 0 Å². The lowest BCUT2D eigenvalue weighted by molar-refractivity contribution is -0.115. The summed E-state index contributed by atoms with van der Waals surface area (Å²) in [5.41, 5.74) is 8.66. The smallest absolute Gasteiger partial charge is 0.228 e. The largest absolute Gasteiger partial charge is 0.326 e. The van der Waals surface area contributed by atoms with Gasteiger partial charge in [-0.3, -0.25) is 4.79 Å². The van der Waals surface area contributed by atoms with Gasteiger partial charge in [0.15, 0.2) is 0 Å². The number of amides is 1. The maximum absolute atomic E-state index is 11.1. The van der Waals surface area contributed by atoms with E-state index in [4.69, 9.17) is 17.3 Å². The van der Waals surface area contributed by atoms with Crippen LogP contribution >= 0.6 is 11.6 Å². The molecule has 0 bridgehead atoms. The monoisotopic (exact) mass is 210 g/mol. The Balaban J connectivity index is 2.32. The Hall–Kier alpha value is -1.06. The van der Waals surface area contributed by atoms with Crippen molar-refractivity contribution >= 4 is 23.2 Å². The van der Waals surface area contributed by atoms with Crippen LogP contribution in [-0.2, 0) is 11.2 Å². The van der Waals surface area contributed by atoms with E-state index >= 15 is 0 Å². The number of halogens is 1. The number of hydrogen-bond acceptors (Lipinski definition) is 2. The molecule has 74 valence electrons. The lowest BCUT2D eigenvalue weighted by atomic mass is 10.0. The first-order valence-electron chi connectivity index (χ1n) is 4.45. The van der Waals surface area contributed by atoms with E-state index in [2.05, 4.69) is 5.32 Å². The van der Waals surface area contributed by atoms with Crippen LogP contribution in [0.15, 0.2) is 18.2 Å². The molecule has 3 nitrogen and oxygen atoms in total. The second kappa shape index (κ2) is 3.59. The second-order valence-electron chi connectivity index (χ2n) is 3.40. The number of alkyl halides is 1. The van der Waals surface area contributed by atoms with Crippen molar-refractivity contribution in [1.82, 2.24) is 0 Å². The molecule has 1 heterocycles. The third-order valence-corrected chi connectivity index (χ3v) is 2.68. The lowest BCUT2D eigenvalue weighted by Gasteiger charge is -2.09. The van der Waals surface area contributed by atoms with E-state index < -0.39 is 0 Å². The number of benzene rings is 1. The number of carbonyl (C=O) groups is 1. The van der Waals surface area contributed by atoms with E-state index in [1.54, 1.807) is 0 Å². The molecule has 0 aliphatic carbocycles. The summed E-state index contributed by atoms with van der Waals surface area (Å²) in [6, 6.07) is 5.57. The molecule has 0 spiro atoms. The van der Waals surface area contributed by atoms with Gasteiger partial charge in [0.05, 0.1) is 6.42 Å². The van der Waals surface area contributed by atoms with Gasteiger partial charge in [-0.1, -0.05) is 12.1 Å². The molecule has 0 saturated carbocycles.